The Morgan fingerprint density at radius 1 is 1.28 bits per heavy atom. The summed E-state index contributed by atoms with van der Waals surface area (Å²) in [6.07, 6.45) is 4.29. The number of ether oxygens (including phenoxy) is 1. The third-order valence-electron chi connectivity index (χ3n) is 5.16. The minimum absolute atomic E-state index is 0.181. The number of nitrogens with zero attached hydrogens (tertiary/aromatic N) is 4. The van der Waals surface area contributed by atoms with Gasteiger partial charge in [-0.3, -0.25) is 9.69 Å². The Bertz CT molecular complexity index is 787. The minimum Gasteiger partial charge on any atom is -0.379 e. The van der Waals surface area contributed by atoms with Gasteiger partial charge in [-0.05, 0) is 17.5 Å². The topological polar surface area (TPSA) is 50.6 Å². The summed E-state index contributed by atoms with van der Waals surface area (Å²) in [6.45, 7) is 10.2. The van der Waals surface area contributed by atoms with E-state index in [4.69, 9.17) is 16.3 Å². The fourth-order valence-electron chi connectivity index (χ4n) is 3.47. The second-order valence-corrected chi connectivity index (χ2v) is 8.34. The lowest BCUT2D eigenvalue weighted by molar-refractivity contribution is -0.133. The Hall–Kier alpha value is -1.89. The van der Waals surface area contributed by atoms with Crippen LogP contribution in [0.2, 0.25) is 5.02 Å². The molecule has 0 N–H and O–H groups in total. The summed E-state index contributed by atoms with van der Waals surface area (Å²) in [4.78, 5) is 21.7. The number of carbonyl (C=O) groups excluding carboxylic acids is 1. The zero-order chi connectivity index (χ0) is 20.6. The number of morpholine rings is 1. The molecule has 0 aliphatic carbocycles. The molecular weight excluding hydrogens is 388 g/mol. The zero-order valence-electron chi connectivity index (χ0n) is 17.4. The van der Waals surface area contributed by atoms with Crippen LogP contribution in [0.3, 0.4) is 0 Å². The van der Waals surface area contributed by atoms with Crippen molar-refractivity contribution in [1.82, 2.24) is 19.4 Å². The van der Waals surface area contributed by atoms with Crippen LogP contribution in [-0.4, -0.2) is 64.7 Å². The quantitative estimate of drug-likeness (QED) is 0.627. The SMILES string of the molecule is CC(C)CC(=O)N(CCN1CCOCC1)Cc1nccn1Cc1ccccc1Cl. The van der Waals surface area contributed by atoms with E-state index >= 15 is 0 Å². The van der Waals surface area contributed by atoms with Crippen LogP contribution < -0.4 is 0 Å². The summed E-state index contributed by atoms with van der Waals surface area (Å²) in [5.74, 6) is 1.39. The second kappa shape index (κ2) is 10.8. The summed E-state index contributed by atoms with van der Waals surface area (Å²) in [6, 6.07) is 7.83. The van der Waals surface area contributed by atoms with Crippen molar-refractivity contribution in [2.24, 2.45) is 5.92 Å². The molecule has 1 aliphatic rings. The van der Waals surface area contributed by atoms with Gasteiger partial charge < -0.3 is 14.2 Å². The molecule has 2 aromatic rings. The highest BCUT2D eigenvalue weighted by Crippen LogP contribution is 2.18. The molecule has 1 saturated heterocycles. The highest BCUT2D eigenvalue weighted by molar-refractivity contribution is 6.31. The Balaban J connectivity index is 1.69. The number of hydrogen-bond donors (Lipinski definition) is 0. The molecule has 2 heterocycles. The van der Waals surface area contributed by atoms with Gasteiger partial charge in [-0.15, -0.1) is 0 Å². The van der Waals surface area contributed by atoms with E-state index in [1.165, 1.54) is 0 Å². The van der Waals surface area contributed by atoms with Crippen molar-refractivity contribution in [3.8, 4) is 0 Å². The highest BCUT2D eigenvalue weighted by Gasteiger charge is 2.20. The van der Waals surface area contributed by atoms with Gasteiger partial charge >= 0.3 is 0 Å². The molecule has 1 aromatic carbocycles. The van der Waals surface area contributed by atoms with Crippen molar-refractivity contribution in [3.05, 3.63) is 53.1 Å². The van der Waals surface area contributed by atoms with Crippen LogP contribution in [0.4, 0.5) is 0 Å². The van der Waals surface area contributed by atoms with Crippen LogP contribution in [-0.2, 0) is 22.6 Å². The van der Waals surface area contributed by atoms with E-state index in [-0.39, 0.29) is 5.91 Å². The molecule has 0 unspecified atom stereocenters. The highest BCUT2D eigenvalue weighted by atomic mass is 35.5. The van der Waals surface area contributed by atoms with E-state index in [0.29, 0.717) is 32.0 Å². The molecule has 158 valence electrons. The van der Waals surface area contributed by atoms with Crippen molar-refractivity contribution >= 4 is 17.5 Å². The molecule has 29 heavy (non-hydrogen) atoms. The fourth-order valence-corrected chi connectivity index (χ4v) is 3.67. The molecule has 1 fully saturated rings. The number of amides is 1. The smallest absolute Gasteiger partial charge is 0.223 e. The number of benzene rings is 1. The molecule has 1 aromatic heterocycles. The van der Waals surface area contributed by atoms with Crippen molar-refractivity contribution in [2.45, 2.75) is 33.4 Å². The second-order valence-electron chi connectivity index (χ2n) is 7.93. The van der Waals surface area contributed by atoms with Crippen molar-refractivity contribution < 1.29 is 9.53 Å². The summed E-state index contributed by atoms with van der Waals surface area (Å²) >= 11 is 6.33. The van der Waals surface area contributed by atoms with Gasteiger partial charge in [0.15, 0.2) is 0 Å². The monoisotopic (exact) mass is 418 g/mol. The van der Waals surface area contributed by atoms with Crippen molar-refractivity contribution in [1.29, 1.82) is 0 Å². The first-order valence-corrected chi connectivity index (χ1v) is 10.7. The molecular formula is C22H31ClN4O2. The lowest BCUT2D eigenvalue weighted by Crippen LogP contribution is -2.43. The van der Waals surface area contributed by atoms with Gasteiger partial charge in [0.2, 0.25) is 5.91 Å². The van der Waals surface area contributed by atoms with E-state index < -0.39 is 0 Å². The molecule has 1 aliphatic heterocycles. The molecule has 0 saturated carbocycles. The maximum atomic E-state index is 12.9. The van der Waals surface area contributed by atoms with Crippen LogP contribution in [0.25, 0.3) is 0 Å². The van der Waals surface area contributed by atoms with E-state index in [1.807, 2.05) is 35.4 Å². The lowest BCUT2D eigenvalue weighted by atomic mass is 10.1. The summed E-state index contributed by atoms with van der Waals surface area (Å²) in [5.41, 5.74) is 1.04. The number of aromatic nitrogens is 2. The molecule has 6 nitrogen and oxygen atoms in total. The predicted molar refractivity (Wildman–Crippen MR) is 115 cm³/mol. The van der Waals surface area contributed by atoms with Crippen LogP contribution in [0.15, 0.2) is 36.7 Å². The molecule has 1 amide bonds. The van der Waals surface area contributed by atoms with E-state index in [1.54, 1.807) is 6.20 Å². The summed E-state index contributed by atoms with van der Waals surface area (Å²) < 4.78 is 7.50. The number of rotatable bonds is 9. The van der Waals surface area contributed by atoms with Crippen LogP contribution in [0.5, 0.6) is 0 Å². The third kappa shape index (κ3) is 6.56. The third-order valence-corrected chi connectivity index (χ3v) is 5.53. The van der Waals surface area contributed by atoms with Gasteiger partial charge in [0.25, 0.3) is 0 Å². The molecule has 0 spiro atoms. The lowest BCUT2D eigenvalue weighted by Gasteiger charge is -2.30. The normalized spacial score (nSPS) is 15.0. The Labute approximate surface area is 178 Å². The Morgan fingerprint density at radius 2 is 2.03 bits per heavy atom. The fraction of sp³-hybridized carbons (Fsp3) is 0.545. The molecule has 7 heteroatoms. The molecule has 0 bridgehead atoms. The summed E-state index contributed by atoms with van der Waals surface area (Å²) in [7, 11) is 0. The first-order valence-electron chi connectivity index (χ1n) is 10.3. The standard InChI is InChI=1S/C22H31ClN4O2/c1-18(2)15-22(28)27(10-9-25-11-13-29-14-12-25)17-21-24-7-8-26(21)16-19-5-3-4-6-20(19)23/h3-8,18H,9-17H2,1-2H3. The average Bonchev–Trinajstić information content (AvgIpc) is 3.14. The van der Waals surface area contributed by atoms with E-state index in [9.17, 15) is 4.79 Å². The van der Waals surface area contributed by atoms with Crippen LogP contribution in [0.1, 0.15) is 31.7 Å². The Kier molecular flexibility index (Phi) is 8.09. The first-order chi connectivity index (χ1) is 14.0. The van der Waals surface area contributed by atoms with Gasteiger partial charge in [-0.25, -0.2) is 4.98 Å². The van der Waals surface area contributed by atoms with E-state index in [2.05, 4.69) is 28.3 Å². The van der Waals surface area contributed by atoms with Crippen LogP contribution >= 0.6 is 11.6 Å². The number of halogens is 1. The molecule has 0 atom stereocenters. The van der Waals surface area contributed by atoms with Gasteiger partial charge in [-0.1, -0.05) is 43.6 Å². The predicted octanol–water partition coefficient (Wildman–Crippen LogP) is 3.29. The average molecular weight is 419 g/mol. The van der Waals surface area contributed by atoms with Gasteiger partial charge in [0, 0.05) is 50.0 Å². The van der Waals surface area contributed by atoms with Gasteiger partial charge in [0.05, 0.1) is 26.3 Å². The zero-order valence-corrected chi connectivity index (χ0v) is 18.1. The van der Waals surface area contributed by atoms with Crippen molar-refractivity contribution in [3.63, 3.8) is 0 Å². The van der Waals surface area contributed by atoms with Gasteiger partial charge in [-0.2, -0.15) is 0 Å². The van der Waals surface area contributed by atoms with E-state index in [0.717, 1.165) is 49.3 Å². The number of hydrogen-bond acceptors (Lipinski definition) is 4. The molecule has 0 radical (unpaired) electrons. The summed E-state index contributed by atoms with van der Waals surface area (Å²) in [5, 5.41) is 0.743. The number of carbonyl (C=O) groups is 1. The number of imidazole rings is 1. The largest absolute Gasteiger partial charge is 0.379 e. The Morgan fingerprint density at radius 3 is 2.76 bits per heavy atom. The maximum absolute atomic E-state index is 12.9. The van der Waals surface area contributed by atoms with Gasteiger partial charge in [0.1, 0.15) is 5.82 Å². The maximum Gasteiger partial charge on any atom is 0.223 e. The van der Waals surface area contributed by atoms with Crippen LogP contribution in [0, 0.1) is 5.92 Å². The minimum atomic E-state index is 0.181. The van der Waals surface area contributed by atoms with Crippen molar-refractivity contribution in [2.75, 3.05) is 39.4 Å². The molecule has 3 rings (SSSR count). The first kappa shape index (κ1) is 21.8.